The van der Waals surface area contributed by atoms with E-state index in [9.17, 15) is 14.0 Å². The Morgan fingerprint density at radius 2 is 1.72 bits per heavy atom. The van der Waals surface area contributed by atoms with Gasteiger partial charge >= 0.3 is 0 Å². The predicted octanol–water partition coefficient (Wildman–Crippen LogP) is 6.33. The zero-order chi connectivity index (χ0) is 17.6. The summed E-state index contributed by atoms with van der Waals surface area (Å²) in [6.45, 7) is 0. The van der Waals surface area contributed by atoms with E-state index >= 15 is 0 Å². The quantitative estimate of drug-likeness (QED) is 0.397. The lowest BCUT2D eigenvalue weighted by Crippen LogP contribution is -1.81. The molecule has 0 fully saturated rings. The Morgan fingerprint density at radius 3 is 2.36 bits per heavy atom. The van der Waals surface area contributed by atoms with E-state index in [1.54, 1.807) is 42.5 Å². The number of furan rings is 1. The first-order chi connectivity index (χ1) is 12.2. The van der Waals surface area contributed by atoms with Crippen molar-refractivity contribution in [2.75, 3.05) is 0 Å². The molecule has 5 heteroatoms. The van der Waals surface area contributed by atoms with Crippen molar-refractivity contribution in [3.63, 3.8) is 0 Å². The van der Waals surface area contributed by atoms with Crippen LogP contribution in [0.25, 0.3) is 23.0 Å². The van der Waals surface area contributed by atoms with Crippen LogP contribution in [-0.2, 0) is 0 Å². The summed E-state index contributed by atoms with van der Waals surface area (Å²) in [6.07, 6.45) is 1.68. The first-order valence-electron chi connectivity index (χ1n) is 7.48. The molecular formula is C20H13F2NOS. The van der Waals surface area contributed by atoms with E-state index in [0.717, 1.165) is 11.1 Å². The van der Waals surface area contributed by atoms with Crippen LogP contribution in [0.3, 0.4) is 0 Å². The highest BCUT2D eigenvalue weighted by molar-refractivity contribution is 7.99. The average molecular weight is 353 g/mol. The predicted molar refractivity (Wildman–Crippen MR) is 95.9 cm³/mol. The second kappa shape index (κ2) is 7.82. The summed E-state index contributed by atoms with van der Waals surface area (Å²) >= 11 is 0.507. The maximum Gasteiger partial charge on any atom is 0.288 e. The Kier molecular flexibility index (Phi) is 5.32. The molecule has 1 heterocycles. The SMILES string of the molecule is N#C/C(=C\c1ccc(-c2ccc(SC(F)F)cc2)o1)c1ccccc1. The van der Waals surface area contributed by atoms with Gasteiger partial charge in [0.05, 0.1) is 11.6 Å². The molecule has 2 aromatic carbocycles. The lowest BCUT2D eigenvalue weighted by atomic mass is 10.1. The number of thioether (sulfide) groups is 1. The van der Waals surface area contributed by atoms with Crippen molar-refractivity contribution in [3.8, 4) is 17.4 Å². The van der Waals surface area contributed by atoms with Crippen LogP contribution >= 0.6 is 11.8 Å². The standard InChI is InChI=1S/C20H13F2NOS/c21-20(22)25-18-9-6-15(7-10-18)19-11-8-17(24-19)12-16(13-23)14-4-2-1-3-5-14/h1-12,20H/b16-12+. The summed E-state index contributed by atoms with van der Waals surface area (Å²) in [5.74, 6) is -1.26. The summed E-state index contributed by atoms with van der Waals surface area (Å²) in [6, 6.07) is 21.8. The van der Waals surface area contributed by atoms with Gasteiger partial charge in [-0.25, -0.2) is 0 Å². The topological polar surface area (TPSA) is 36.9 Å². The molecule has 0 N–H and O–H groups in total. The molecule has 0 bridgehead atoms. The van der Waals surface area contributed by atoms with Gasteiger partial charge in [-0.1, -0.05) is 54.2 Å². The van der Waals surface area contributed by atoms with E-state index in [1.807, 2.05) is 30.3 Å². The molecule has 0 atom stereocenters. The fraction of sp³-hybridized carbons (Fsp3) is 0.0500. The largest absolute Gasteiger partial charge is 0.457 e. The zero-order valence-corrected chi connectivity index (χ0v) is 13.8. The van der Waals surface area contributed by atoms with Crippen LogP contribution < -0.4 is 0 Å². The summed E-state index contributed by atoms with van der Waals surface area (Å²) < 4.78 is 30.5. The maximum atomic E-state index is 12.4. The molecule has 0 aliphatic rings. The van der Waals surface area contributed by atoms with Crippen LogP contribution in [0.1, 0.15) is 11.3 Å². The minimum Gasteiger partial charge on any atom is -0.457 e. The summed E-state index contributed by atoms with van der Waals surface area (Å²) in [5, 5.41) is 9.34. The Balaban J connectivity index is 1.83. The molecule has 0 aliphatic carbocycles. The highest BCUT2D eigenvalue weighted by Gasteiger charge is 2.08. The zero-order valence-electron chi connectivity index (χ0n) is 13.0. The molecule has 0 unspecified atom stereocenters. The lowest BCUT2D eigenvalue weighted by molar-refractivity contribution is 0.252. The number of nitriles is 1. The van der Waals surface area contributed by atoms with Gasteiger partial charge in [-0.2, -0.15) is 14.0 Å². The van der Waals surface area contributed by atoms with Crippen LogP contribution in [0.15, 0.2) is 76.0 Å². The van der Waals surface area contributed by atoms with Crippen molar-refractivity contribution in [2.24, 2.45) is 0 Å². The van der Waals surface area contributed by atoms with Crippen molar-refractivity contribution in [2.45, 2.75) is 10.7 Å². The molecule has 1 aromatic heterocycles. The van der Waals surface area contributed by atoms with Gasteiger partial charge in [0.15, 0.2) is 0 Å². The molecule has 3 rings (SSSR count). The second-order valence-corrected chi connectivity index (χ2v) is 6.20. The number of hydrogen-bond acceptors (Lipinski definition) is 3. The average Bonchev–Trinajstić information content (AvgIpc) is 3.09. The molecule has 25 heavy (non-hydrogen) atoms. The van der Waals surface area contributed by atoms with E-state index in [4.69, 9.17) is 4.42 Å². The molecule has 0 aliphatic heterocycles. The van der Waals surface area contributed by atoms with Gasteiger partial charge in [0.25, 0.3) is 5.76 Å². The van der Waals surface area contributed by atoms with E-state index in [0.29, 0.717) is 33.8 Å². The van der Waals surface area contributed by atoms with Crippen LogP contribution in [0.5, 0.6) is 0 Å². The Morgan fingerprint density at radius 1 is 1.00 bits per heavy atom. The molecule has 124 valence electrons. The number of rotatable bonds is 5. The Labute approximate surface area is 148 Å². The highest BCUT2D eigenvalue weighted by atomic mass is 32.2. The molecule has 0 amide bonds. The maximum absolute atomic E-state index is 12.4. The van der Waals surface area contributed by atoms with Crippen molar-refractivity contribution < 1.29 is 13.2 Å². The van der Waals surface area contributed by atoms with Gasteiger partial charge in [-0.15, -0.1) is 0 Å². The molecule has 3 aromatic rings. The fourth-order valence-corrected chi connectivity index (χ4v) is 2.83. The monoisotopic (exact) mass is 353 g/mol. The summed E-state index contributed by atoms with van der Waals surface area (Å²) in [5.41, 5.74) is 2.11. The van der Waals surface area contributed by atoms with Crippen molar-refractivity contribution in [3.05, 3.63) is 78.1 Å². The Hall–Kier alpha value is -2.84. The van der Waals surface area contributed by atoms with Crippen molar-refractivity contribution in [1.82, 2.24) is 0 Å². The molecule has 0 spiro atoms. The van der Waals surface area contributed by atoms with Gasteiger partial charge in [-0.3, -0.25) is 0 Å². The molecule has 0 saturated heterocycles. The van der Waals surface area contributed by atoms with Crippen molar-refractivity contribution in [1.29, 1.82) is 5.26 Å². The van der Waals surface area contributed by atoms with E-state index in [2.05, 4.69) is 6.07 Å². The van der Waals surface area contributed by atoms with Gasteiger partial charge in [0, 0.05) is 10.5 Å². The number of halogens is 2. The van der Waals surface area contributed by atoms with Crippen LogP contribution in [0.2, 0.25) is 0 Å². The number of benzene rings is 2. The van der Waals surface area contributed by atoms with E-state index in [1.165, 1.54) is 0 Å². The van der Waals surface area contributed by atoms with Crippen LogP contribution in [0.4, 0.5) is 8.78 Å². The van der Waals surface area contributed by atoms with Crippen molar-refractivity contribution >= 4 is 23.4 Å². The summed E-state index contributed by atoms with van der Waals surface area (Å²) in [4.78, 5) is 0.501. The molecule has 0 radical (unpaired) electrons. The van der Waals surface area contributed by atoms with Gasteiger partial charge in [-0.05, 0) is 35.9 Å². The number of hydrogen-bond donors (Lipinski definition) is 0. The minimum atomic E-state index is -2.44. The number of alkyl halides is 2. The van der Waals surface area contributed by atoms with Gasteiger partial charge < -0.3 is 4.42 Å². The van der Waals surface area contributed by atoms with E-state index < -0.39 is 5.76 Å². The minimum absolute atomic E-state index is 0.501. The van der Waals surface area contributed by atoms with Gasteiger partial charge in [0.1, 0.15) is 11.5 Å². The first-order valence-corrected chi connectivity index (χ1v) is 8.36. The van der Waals surface area contributed by atoms with Gasteiger partial charge in [0.2, 0.25) is 0 Å². The smallest absolute Gasteiger partial charge is 0.288 e. The number of allylic oxidation sites excluding steroid dienone is 1. The highest BCUT2D eigenvalue weighted by Crippen LogP contribution is 2.29. The third-order valence-corrected chi connectivity index (χ3v) is 4.21. The lowest BCUT2D eigenvalue weighted by Gasteiger charge is -2.01. The third-order valence-electron chi connectivity index (χ3n) is 3.48. The fourth-order valence-electron chi connectivity index (χ4n) is 2.33. The van der Waals surface area contributed by atoms with Crippen LogP contribution in [-0.4, -0.2) is 5.76 Å². The molecule has 2 nitrogen and oxygen atoms in total. The normalized spacial score (nSPS) is 11.5. The Bertz CT molecular complexity index is 909. The second-order valence-electron chi connectivity index (χ2n) is 5.14. The third kappa shape index (κ3) is 4.37. The molecule has 0 saturated carbocycles. The summed E-state index contributed by atoms with van der Waals surface area (Å²) in [7, 11) is 0. The first kappa shape index (κ1) is 17.0. The number of nitrogens with zero attached hydrogens (tertiary/aromatic N) is 1. The van der Waals surface area contributed by atoms with Crippen LogP contribution in [0, 0.1) is 11.3 Å². The van der Waals surface area contributed by atoms with E-state index in [-0.39, 0.29) is 0 Å². The molecular weight excluding hydrogens is 340 g/mol.